The lowest BCUT2D eigenvalue weighted by Crippen LogP contribution is -2.15. The van der Waals surface area contributed by atoms with Gasteiger partial charge in [0.2, 0.25) is 5.91 Å². The molecule has 0 unspecified atom stereocenters. The van der Waals surface area contributed by atoms with Crippen molar-refractivity contribution in [3.05, 3.63) is 74.6 Å². The number of halogens is 3. The van der Waals surface area contributed by atoms with Gasteiger partial charge in [0.15, 0.2) is 0 Å². The van der Waals surface area contributed by atoms with Gasteiger partial charge in [-0.05, 0) is 64.5 Å². The number of fused-ring (bicyclic) bond motifs is 1. The van der Waals surface area contributed by atoms with Crippen LogP contribution in [-0.4, -0.2) is 16.6 Å². The van der Waals surface area contributed by atoms with E-state index in [9.17, 15) is 4.79 Å². The minimum atomic E-state index is -0.0877. The van der Waals surface area contributed by atoms with Gasteiger partial charge in [-0.1, -0.05) is 39.7 Å². The molecule has 0 aliphatic carbocycles. The summed E-state index contributed by atoms with van der Waals surface area (Å²) in [6.45, 7) is 0. The molecule has 0 aliphatic rings. The molecule has 1 aromatic heterocycles. The lowest BCUT2D eigenvalue weighted by molar-refractivity contribution is -0.113. The van der Waals surface area contributed by atoms with Crippen molar-refractivity contribution in [2.24, 2.45) is 0 Å². The van der Waals surface area contributed by atoms with Gasteiger partial charge in [0.25, 0.3) is 0 Å². The van der Waals surface area contributed by atoms with E-state index in [1.54, 1.807) is 11.3 Å². The van der Waals surface area contributed by atoms with Gasteiger partial charge in [-0.2, -0.15) is 0 Å². The zero-order chi connectivity index (χ0) is 20.4. The van der Waals surface area contributed by atoms with Crippen molar-refractivity contribution in [1.29, 1.82) is 0 Å². The van der Waals surface area contributed by atoms with E-state index in [-0.39, 0.29) is 5.91 Å². The van der Waals surface area contributed by atoms with E-state index in [1.807, 2.05) is 60.7 Å². The molecule has 3 aromatic carbocycles. The van der Waals surface area contributed by atoms with Gasteiger partial charge in [-0.25, -0.2) is 4.98 Å². The largest absolute Gasteiger partial charge is 0.324 e. The number of para-hydroxylation sites is 1. The van der Waals surface area contributed by atoms with Crippen molar-refractivity contribution in [3.8, 4) is 10.6 Å². The molecule has 3 nitrogen and oxygen atoms in total. The maximum Gasteiger partial charge on any atom is 0.234 e. The summed E-state index contributed by atoms with van der Waals surface area (Å²) in [5.41, 5.74) is 2.53. The summed E-state index contributed by atoms with van der Waals surface area (Å²) in [5.74, 6) is 0.207. The zero-order valence-electron chi connectivity index (χ0n) is 14.8. The third-order valence-electron chi connectivity index (χ3n) is 4.03. The third-order valence-corrected chi connectivity index (χ3v) is 7.44. The van der Waals surface area contributed by atoms with E-state index in [1.165, 1.54) is 11.8 Å². The normalized spacial score (nSPS) is 11.0. The Bertz CT molecular complexity index is 1160. The molecule has 0 aliphatic heterocycles. The highest BCUT2D eigenvalue weighted by molar-refractivity contribution is 9.11. The lowest BCUT2D eigenvalue weighted by atomic mass is 10.2. The van der Waals surface area contributed by atoms with E-state index in [0.717, 1.165) is 34.6 Å². The highest BCUT2D eigenvalue weighted by Crippen LogP contribution is 2.40. The van der Waals surface area contributed by atoms with Crippen molar-refractivity contribution in [3.63, 3.8) is 0 Å². The van der Waals surface area contributed by atoms with Gasteiger partial charge in [0.05, 0.1) is 21.7 Å². The van der Waals surface area contributed by atoms with E-state index >= 15 is 0 Å². The number of nitrogens with one attached hydrogen (secondary N) is 1. The number of aromatic nitrogens is 1. The molecular weight excluding hydrogens is 556 g/mol. The first-order valence-electron chi connectivity index (χ1n) is 8.53. The van der Waals surface area contributed by atoms with Gasteiger partial charge < -0.3 is 5.32 Å². The second-order valence-electron chi connectivity index (χ2n) is 6.09. The number of rotatable bonds is 5. The molecule has 0 saturated heterocycles. The fourth-order valence-corrected chi connectivity index (χ4v) is 5.85. The average Bonchev–Trinajstić information content (AvgIpc) is 3.13. The fourth-order valence-electron chi connectivity index (χ4n) is 2.71. The van der Waals surface area contributed by atoms with Crippen LogP contribution in [0.5, 0.6) is 0 Å². The Hall–Kier alpha value is -1.38. The summed E-state index contributed by atoms with van der Waals surface area (Å²) < 4.78 is 2.81. The molecule has 0 saturated carbocycles. The maximum atomic E-state index is 12.6. The number of hydrogen-bond donors (Lipinski definition) is 1. The SMILES string of the molecule is O=C(CSc1ccc(Cl)cc1)Nc1c(Br)cc(Br)cc1-c1nc2ccccc2s1. The van der Waals surface area contributed by atoms with Crippen molar-refractivity contribution in [2.45, 2.75) is 4.90 Å². The van der Waals surface area contributed by atoms with Gasteiger partial charge in [-0.3, -0.25) is 4.79 Å². The minimum absolute atomic E-state index is 0.0877. The van der Waals surface area contributed by atoms with Crippen LogP contribution in [-0.2, 0) is 4.79 Å². The quantitative estimate of drug-likeness (QED) is 0.249. The highest BCUT2D eigenvalue weighted by Gasteiger charge is 2.17. The molecule has 29 heavy (non-hydrogen) atoms. The average molecular weight is 569 g/mol. The molecular formula is C21H13Br2ClN2OS2. The summed E-state index contributed by atoms with van der Waals surface area (Å²) in [7, 11) is 0. The number of anilines is 1. The first-order valence-corrected chi connectivity index (χ1v) is 12.3. The first kappa shape index (κ1) is 20.9. The van der Waals surface area contributed by atoms with Crippen LogP contribution in [0.15, 0.2) is 74.5 Å². The second kappa shape index (κ2) is 9.18. The molecule has 0 spiro atoms. The van der Waals surface area contributed by atoms with Gasteiger partial charge in [0, 0.05) is 24.4 Å². The summed E-state index contributed by atoms with van der Waals surface area (Å²) in [5, 5.41) is 4.58. The Labute approximate surface area is 198 Å². The van der Waals surface area contributed by atoms with Gasteiger partial charge in [-0.15, -0.1) is 23.1 Å². The molecule has 0 atom stereocenters. The maximum absolute atomic E-state index is 12.6. The molecule has 4 aromatic rings. The summed E-state index contributed by atoms with van der Waals surface area (Å²) in [6.07, 6.45) is 0. The summed E-state index contributed by atoms with van der Waals surface area (Å²) >= 11 is 16.1. The highest BCUT2D eigenvalue weighted by atomic mass is 79.9. The summed E-state index contributed by atoms with van der Waals surface area (Å²) in [6, 6.07) is 19.3. The van der Waals surface area contributed by atoms with Crippen LogP contribution in [0.4, 0.5) is 5.69 Å². The second-order valence-corrected chi connectivity index (χ2v) is 10.4. The van der Waals surface area contributed by atoms with E-state index in [4.69, 9.17) is 16.6 Å². The minimum Gasteiger partial charge on any atom is -0.324 e. The van der Waals surface area contributed by atoms with Crippen LogP contribution in [0.3, 0.4) is 0 Å². The van der Waals surface area contributed by atoms with Crippen LogP contribution < -0.4 is 5.32 Å². The Morgan fingerprint density at radius 2 is 1.86 bits per heavy atom. The number of amides is 1. The molecule has 0 radical (unpaired) electrons. The predicted octanol–water partition coefficient (Wildman–Crippen LogP) is 7.87. The summed E-state index contributed by atoms with van der Waals surface area (Å²) in [4.78, 5) is 18.4. The fraction of sp³-hybridized carbons (Fsp3) is 0.0476. The third kappa shape index (κ3) is 5.03. The molecule has 1 amide bonds. The van der Waals surface area contributed by atoms with E-state index in [0.29, 0.717) is 16.5 Å². The Morgan fingerprint density at radius 3 is 2.62 bits per heavy atom. The van der Waals surface area contributed by atoms with Crippen molar-refractivity contribution in [1.82, 2.24) is 4.98 Å². The van der Waals surface area contributed by atoms with Crippen molar-refractivity contribution in [2.75, 3.05) is 11.1 Å². The van der Waals surface area contributed by atoms with Gasteiger partial charge in [0.1, 0.15) is 5.01 Å². The van der Waals surface area contributed by atoms with Gasteiger partial charge >= 0.3 is 0 Å². The Balaban J connectivity index is 1.59. The zero-order valence-corrected chi connectivity index (χ0v) is 20.3. The molecule has 0 fully saturated rings. The monoisotopic (exact) mass is 566 g/mol. The van der Waals surface area contributed by atoms with E-state index in [2.05, 4.69) is 37.2 Å². The number of benzene rings is 3. The number of carbonyl (C=O) groups is 1. The number of thioether (sulfide) groups is 1. The van der Waals surface area contributed by atoms with Crippen LogP contribution in [0.25, 0.3) is 20.8 Å². The van der Waals surface area contributed by atoms with Crippen molar-refractivity contribution < 1.29 is 4.79 Å². The Morgan fingerprint density at radius 1 is 1.10 bits per heavy atom. The molecule has 1 heterocycles. The van der Waals surface area contributed by atoms with E-state index < -0.39 is 0 Å². The number of hydrogen-bond acceptors (Lipinski definition) is 4. The number of nitrogens with zero attached hydrogens (tertiary/aromatic N) is 1. The topological polar surface area (TPSA) is 42.0 Å². The van der Waals surface area contributed by atoms with Crippen LogP contribution in [0.2, 0.25) is 5.02 Å². The van der Waals surface area contributed by atoms with Crippen LogP contribution in [0.1, 0.15) is 0 Å². The smallest absolute Gasteiger partial charge is 0.234 e. The number of thiazole rings is 1. The van der Waals surface area contributed by atoms with Crippen LogP contribution >= 0.6 is 66.6 Å². The first-order chi connectivity index (χ1) is 14.0. The Kier molecular flexibility index (Phi) is 6.61. The lowest BCUT2D eigenvalue weighted by Gasteiger charge is -2.12. The number of carbonyl (C=O) groups excluding carboxylic acids is 1. The molecule has 1 N–H and O–H groups in total. The van der Waals surface area contributed by atoms with Crippen molar-refractivity contribution >= 4 is 88.4 Å². The predicted molar refractivity (Wildman–Crippen MR) is 131 cm³/mol. The standard InChI is InChI=1S/C21H13Br2ClN2OS2/c22-12-9-15(21-25-17-3-1-2-4-18(17)29-21)20(16(23)10-12)26-19(27)11-28-14-7-5-13(24)6-8-14/h1-10H,11H2,(H,26,27). The molecule has 8 heteroatoms. The van der Waals surface area contributed by atoms with Crippen LogP contribution in [0, 0.1) is 0 Å². The molecule has 0 bridgehead atoms. The molecule has 146 valence electrons. The molecule has 4 rings (SSSR count).